The first-order valence-corrected chi connectivity index (χ1v) is 9.17. The molecule has 1 N–H and O–H groups in total. The highest BCUT2D eigenvalue weighted by molar-refractivity contribution is 7.89. The maximum atomic E-state index is 13.1. The van der Waals surface area contributed by atoms with E-state index in [9.17, 15) is 22.0 Å². The van der Waals surface area contributed by atoms with Crippen molar-refractivity contribution >= 4 is 15.9 Å². The number of halogens is 2. The van der Waals surface area contributed by atoms with Crippen LogP contribution in [0.5, 0.6) is 0 Å². The molecule has 23 heavy (non-hydrogen) atoms. The van der Waals surface area contributed by atoms with Crippen molar-refractivity contribution in [1.29, 1.82) is 0 Å². The Labute approximate surface area is 134 Å². The molecule has 0 unspecified atom stereocenters. The van der Waals surface area contributed by atoms with Gasteiger partial charge in [-0.2, -0.15) is 0 Å². The summed E-state index contributed by atoms with van der Waals surface area (Å²) in [5.41, 5.74) is -0.0801. The molecule has 0 atom stereocenters. The minimum absolute atomic E-state index is 0.0801. The first-order valence-electron chi connectivity index (χ1n) is 7.56. The Hall–Kier alpha value is -1.54. The van der Waals surface area contributed by atoms with E-state index in [0.717, 1.165) is 12.1 Å². The van der Waals surface area contributed by atoms with Gasteiger partial charge in [0.1, 0.15) is 11.6 Å². The minimum atomic E-state index is -3.23. The number of hydrogen-bond donors (Lipinski definition) is 1. The lowest BCUT2D eigenvalue weighted by Gasteiger charge is -2.31. The third-order valence-corrected chi connectivity index (χ3v) is 5.85. The third-order valence-electron chi connectivity index (χ3n) is 3.77. The number of carbonyl (C=O) groups is 1. The smallest absolute Gasteiger partial charge is 0.251 e. The van der Waals surface area contributed by atoms with Crippen molar-refractivity contribution in [3.63, 3.8) is 0 Å². The highest BCUT2D eigenvalue weighted by Crippen LogP contribution is 2.16. The predicted octanol–water partition coefficient (Wildman–Crippen LogP) is 1.90. The fraction of sp³-hybridized carbons (Fsp3) is 0.533. The van der Waals surface area contributed by atoms with Gasteiger partial charge in [-0.25, -0.2) is 21.5 Å². The summed E-state index contributed by atoms with van der Waals surface area (Å²) >= 11 is 0. The SMILES string of the molecule is CCCS(=O)(=O)N1CCC(NC(=O)c2cc(F)cc(F)c2)CC1. The van der Waals surface area contributed by atoms with Crippen molar-refractivity contribution in [3.8, 4) is 0 Å². The zero-order valence-electron chi connectivity index (χ0n) is 12.9. The van der Waals surface area contributed by atoms with Gasteiger partial charge in [0, 0.05) is 30.8 Å². The van der Waals surface area contributed by atoms with E-state index in [1.807, 2.05) is 6.92 Å². The van der Waals surface area contributed by atoms with Gasteiger partial charge in [0.15, 0.2) is 0 Å². The molecule has 5 nitrogen and oxygen atoms in total. The number of amides is 1. The number of piperidine rings is 1. The molecule has 128 valence electrons. The van der Waals surface area contributed by atoms with Crippen molar-refractivity contribution in [2.45, 2.75) is 32.2 Å². The number of hydrogen-bond acceptors (Lipinski definition) is 3. The Balaban J connectivity index is 1.92. The standard InChI is InChI=1S/C15H20F2N2O3S/c1-2-7-23(21,22)19-5-3-14(4-6-19)18-15(20)11-8-12(16)10-13(17)9-11/h8-10,14H,2-7H2,1H3,(H,18,20). The second-order valence-corrected chi connectivity index (χ2v) is 7.71. The number of carbonyl (C=O) groups excluding carboxylic acids is 1. The van der Waals surface area contributed by atoms with E-state index >= 15 is 0 Å². The van der Waals surface area contributed by atoms with Crippen LogP contribution in [0.1, 0.15) is 36.5 Å². The second-order valence-electron chi connectivity index (χ2n) is 5.62. The number of rotatable bonds is 5. The van der Waals surface area contributed by atoms with Crippen LogP contribution in [0.2, 0.25) is 0 Å². The molecule has 0 aromatic heterocycles. The summed E-state index contributed by atoms with van der Waals surface area (Å²) in [6, 6.07) is 2.44. The van der Waals surface area contributed by atoms with Gasteiger partial charge in [0.2, 0.25) is 10.0 Å². The minimum Gasteiger partial charge on any atom is -0.349 e. The second kappa shape index (κ2) is 7.35. The Morgan fingerprint density at radius 1 is 1.22 bits per heavy atom. The van der Waals surface area contributed by atoms with Crippen molar-refractivity contribution in [2.75, 3.05) is 18.8 Å². The fourth-order valence-electron chi connectivity index (χ4n) is 2.62. The van der Waals surface area contributed by atoms with Crippen molar-refractivity contribution in [1.82, 2.24) is 9.62 Å². The van der Waals surface area contributed by atoms with Crippen LogP contribution >= 0.6 is 0 Å². The molecule has 1 amide bonds. The van der Waals surface area contributed by atoms with E-state index in [1.54, 1.807) is 0 Å². The maximum absolute atomic E-state index is 13.1. The van der Waals surface area contributed by atoms with E-state index in [4.69, 9.17) is 0 Å². The Kier molecular flexibility index (Phi) is 5.69. The van der Waals surface area contributed by atoms with Crippen LogP contribution in [0.4, 0.5) is 8.78 Å². The van der Waals surface area contributed by atoms with E-state index < -0.39 is 27.6 Å². The summed E-state index contributed by atoms with van der Waals surface area (Å²) in [7, 11) is -3.23. The normalized spacial score (nSPS) is 17.2. The zero-order valence-corrected chi connectivity index (χ0v) is 13.7. The van der Waals surface area contributed by atoms with Gasteiger partial charge in [-0.1, -0.05) is 6.92 Å². The monoisotopic (exact) mass is 346 g/mol. The molecule has 1 heterocycles. The first-order chi connectivity index (χ1) is 10.8. The van der Waals surface area contributed by atoms with Gasteiger partial charge in [0.05, 0.1) is 5.75 Å². The molecule has 1 aliphatic rings. The van der Waals surface area contributed by atoms with Gasteiger partial charge < -0.3 is 5.32 Å². The Bertz CT molecular complexity index is 651. The van der Waals surface area contributed by atoms with E-state index in [2.05, 4.69) is 5.32 Å². The molecule has 2 rings (SSSR count). The van der Waals surface area contributed by atoms with Gasteiger partial charge in [-0.05, 0) is 31.4 Å². The van der Waals surface area contributed by atoms with Crippen molar-refractivity contribution < 1.29 is 22.0 Å². The van der Waals surface area contributed by atoms with E-state index in [-0.39, 0.29) is 17.4 Å². The fourth-order valence-corrected chi connectivity index (χ4v) is 4.16. The zero-order chi connectivity index (χ0) is 17.0. The summed E-state index contributed by atoms with van der Waals surface area (Å²) < 4.78 is 51.6. The summed E-state index contributed by atoms with van der Waals surface area (Å²) in [6.45, 7) is 2.48. The highest BCUT2D eigenvalue weighted by atomic mass is 32.2. The average Bonchev–Trinajstić information content (AvgIpc) is 2.46. The maximum Gasteiger partial charge on any atom is 0.251 e. The van der Waals surface area contributed by atoms with Gasteiger partial charge in [-0.3, -0.25) is 4.79 Å². The summed E-state index contributed by atoms with van der Waals surface area (Å²) in [5, 5.41) is 2.70. The van der Waals surface area contributed by atoms with Crippen LogP contribution in [0.3, 0.4) is 0 Å². The topological polar surface area (TPSA) is 66.5 Å². The summed E-state index contributed by atoms with van der Waals surface area (Å²) in [4.78, 5) is 12.0. The average molecular weight is 346 g/mol. The van der Waals surface area contributed by atoms with Crippen LogP contribution in [0, 0.1) is 11.6 Å². The number of nitrogens with one attached hydrogen (secondary N) is 1. The molecule has 0 saturated carbocycles. The van der Waals surface area contributed by atoms with Gasteiger partial charge in [0.25, 0.3) is 5.91 Å². The number of nitrogens with zero attached hydrogens (tertiary/aromatic N) is 1. The number of benzene rings is 1. The lowest BCUT2D eigenvalue weighted by molar-refractivity contribution is 0.0923. The van der Waals surface area contributed by atoms with Gasteiger partial charge >= 0.3 is 0 Å². The molecular weight excluding hydrogens is 326 g/mol. The molecule has 1 aromatic carbocycles. The molecule has 1 fully saturated rings. The third kappa shape index (κ3) is 4.71. The van der Waals surface area contributed by atoms with Gasteiger partial charge in [-0.15, -0.1) is 0 Å². The van der Waals surface area contributed by atoms with Crippen molar-refractivity contribution in [2.24, 2.45) is 0 Å². The molecule has 1 aliphatic heterocycles. The van der Waals surface area contributed by atoms with Crippen LogP contribution in [-0.2, 0) is 10.0 Å². The predicted molar refractivity (Wildman–Crippen MR) is 82.5 cm³/mol. The highest BCUT2D eigenvalue weighted by Gasteiger charge is 2.28. The molecule has 0 aliphatic carbocycles. The van der Waals surface area contributed by atoms with Crippen LogP contribution in [0.25, 0.3) is 0 Å². The molecule has 0 radical (unpaired) electrons. The Morgan fingerprint density at radius 3 is 2.30 bits per heavy atom. The summed E-state index contributed by atoms with van der Waals surface area (Å²) in [5.74, 6) is -2.06. The summed E-state index contributed by atoms with van der Waals surface area (Å²) in [6.07, 6.45) is 1.52. The lowest BCUT2D eigenvalue weighted by Crippen LogP contribution is -2.47. The molecule has 0 spiro atoms. The van der Waals surface area contributed by atoms with Crippen molar-refractivity contribution in [3.05, 3.63) is 35.4 Å². The van der Waals surface area contributed by atoms with E-state index in [1.165, 1.54) is 4.31 Å². The first kappa shape index (κ1) is 17.8. The molecule has 1 aromatic rings. The van der Waals surface area contributed by atoms with Crippen LogP contribution in [-0.4, -0.2) is 43.5 Å². The molecule has 8 heteroatoms. The lowest BCUT2D eigenvalue weighted by atomic mass is 10.1. The molecule has 1 saturated heterocycles. The Morgan fingerprint density at radius 2 is 1.78 bits per heavy atom. The largest absolute Gasteiger partial charge is 0.349 e. The van der Waals surface area contributed by atoms with Crippen LogP contribution < -0.4 is 5.32 Å². The van der Waals surface area contributed by atoms with Crippen LogP contribution in [0.15, 0.2) is 18.2 Å². The number of sulfonamides is 1. The quantitative estimate of drug-likeness (QED) is 0.885. The van der Waals surface area contributed by atoms with E-state index in [0.29, 0.717) is 38.4 Å². The molecular formula is C15H20F2N2O3S. The molecule has 0 bridgehead atoms.